The average molecular weight is 379 g/mol. The van der Waals surface area contributed by atoms with E-state index in [0.717, 1.165) is 25.6 Å². The van der Waals surface area contributed by atoms with Crippen molar-refractivity contribution in [3.63, 3.8) is 0 Å². The smallest absolute Gasteiger partial charge is 0.250 e. The van der Waals surface area contributed by atoms with Crippen LogP contribution in [0.4, 0.5) is 5.82 Å². The number of hydrogen-bond donors (Lipinski definition) is 1. The van der Waals surface area contributed by atoms with Crippen LogP contribution in [0, 0.1) is 5.92 Å². The SMILES string of the molecule is CCn1ccc(NC(=O)C(CC2CCCC2)n2cc(S(C)(=O)=O)cn2)n1. The number of nitrogens with one attached hydrogen (secondary N) is 1. The lowest BCUT2D eigenvalue weighted by atomic mass is 9.98. The Hall–Kier alpha value is -2.16. The Bertz CT molecular complexity index is 865. The van der Waals surface area contributed by atoms with E-state index in [2.05, 4.69) is 15.5 Å². The molecule has 1 N–H and O–H groups in total. The first-order valence-electron chi connectivity index (χ1n) is 8.95. The molecule has 26 heavy (non-hydrogen) atoms. The third-order valence-electron chi connectivity index (χ3n) is 4.88. The van der Waals surface area contributed by atoms with Crippen LogP contribution in [-0.2, 0) is 21.2 Å². The summed E-state index contributed by atoms with van der Waals surface area (Å²) in [6, 6.07) is 1.19. The maximum absolute atomic E-state index is 12.9. The number of aryl methyl sites for hydroxylation is 1. The van der Waals surface area contributed by atoms with Crippen molar-refractivity contribution in [3.8, 4) is 0 Å². The van der Waals surface area contributed by atoms with Crippen molar-refractivity contribution in [2.24, 2.45) is 5.92 Å². The maximum Gasteiger partial charge on any atom is 0.250 e. The Morgan fingerprint density at radius 1 is 1.38 bits per heavy atom. The highest BCUT2D eigenvalue weighted by atomic mass is 32.2. The summed E-state index contributed by atoms with van der Waals surface area (Å²) in [5.74, 6) is 0.718. The molecule has 1 aliphatic rings. The second-order valence-corrected chi connectivity index (χ2v) is 8.89. The fourth-order valence-electron chi connectivity index (χ4n) is 3.39. The number of carbonyl (C=O) groups excluding carboxylic acids is 1. The van der Waals surface area contributed by atoms with Crippen molar-refractivity contribution in [3.05, 3.63) is 24.7 Å². The molecule has 0 bridgehead atoms. The van der Waals surface area contributed by atoms with Gasteiger partial charge in [0.05, 0.1) is 6.20 Å². The van der Waals surface area contributed by atoms with Gasteiger partial charge in [-0.2, -0.15) is 10.2 Å². The van der Waals surface area contributed by atoms with Crippen molar-refractivity contribution in [1.82, 2.24) is 19.6 Å². The van der Waals surface area contributed by atoms with E-state index in [1.165, 1.54) is 29.9 Å². The Labute approximate surface area is 153 Å². The number of aromatic nitrogens is 4. The molecule has 142 valence electrons. The molecular weight excluding hydrogens is 354 g/mol. The molecule has 0 aromatic carbocycles. The Kier molecular flexibility index (Phi) is 5.45. The average Bonchev–Trinajstić information content (AvgIpc) is 3.32. The Morgan fingerprint density at radius 3 is 2.69 bits per heavy atom. The van der Waals surface area contributed by atoms with Gasteiger partial charge in [0.25, 0.3) is 0 Å². The lowest BCUT2D eigenvalue weighted by Gasteiger charge is -2.20. The molecule has 1 saturated carbocycles. The number of rotatable bonds is 7. The molecule has 0 aliphatic heterocycles. The van der Waals surface area contributed by atoms with Gasteiger partial charge < -0.3 is 5.32 Å². The molecule has 1 atom stereocenters. The molecule has 9 heteroatoms. The van der Waals surface area contributed by atoms with E-state index in [-0.39, 0.29) is 10.8 Å². The van der Waals surface area contributed by atoms with Crippen LogP contribution in [0.3, 0.4) is 0 Å². The molecule has 1 aliphatic carbocycles. The number of nitrogens with zero attached hydrogens (tertiary/aromatic N) is 4. The molecule has 2 heterocycles. The minimum absolute atomic E-state index is 0.122. The standard InChI is InChI=1S/C17H25N5O3S/c1-3-21-9-8-16(20-21)19-17(23)15(10-13-6-4-5-7-13)22-12-14(11-18-22)26(2,24)25/h8-9,11-13,15H,3-7,10H2,1-2H3,(H,19,20,23). The number of sulfone groups is 1. The van der Waals surface area contributed by atoms with Gasteiger partial charge in [-0.05, 0) is 19.3 Å². The molecular formula is C17H25N5O3S. The zero-order valence-corrected chi connectivity index (χ0v) is 15.9. The van der Waals surface area contributed by atoms with Crippen molar-refractivity contribution in [1.29, 1.82) is 0 Å². The molecule has 1 fully saturated rings. The van der Waals surface area contributed by atoms with Crippen molar-refractivity contribution in [2.45, 2.75) is 56.5 Å². The van der Waals surface area contributed by atoms with Crippen LogP contribution in [-0.4, -0.2) is 40.1 Å². The van der Waals surface area contributed by atoms with E-state index in [4.69, 9.17) is 0 Å². The molecule has 1 amide bonds. The van der Waals surface area contributed by atoms with Crippen LogP contribution >= 0.6 is 0 Å². The van der Waals surface area contributed by atoms with Gasteiger partial charge in [0.15, 0.2) is 15.7 Å². The summed E-state index contributed by atoms with van der Waals surface area (Å²) in [7, 11) is -3.36. The van der Waals surface area contributed by atoms with Gasteiger partial charge in [-0.25, -0.2) is 8.42 Å². The van der Waals surface area contributed by atoms with Crippen molar-refractivity contribution < 1.29 is 13.2 Å². The highest BCUT2D eigenvalue weighted by Crippen LogP contribution is 2.32. The molecule has 0 saturated heterocycles. The minimum atomic E-state index is -3.36. The number of anilines is 1. The largest absolute Gasteiger partial charge is 0.307 e. The monoisotopic (exact) mass is 379 g/mol. The number of carbonyl (C=O) groups is 1. The molecule has 0 radical (unpaired) electrons. The van der Waals surface area contributed by atoms with Crippen LogP contribution in [0.15, 0.2) is 29.6 Å². The van der Waals surface area contributed by atoms with Crippen molar-refractivity contribution in [2.75, 3.05) is 11.6 Å². The topological polar surface area (TPSA) is 98.9 Å². The third-order valence-corrected chi connectivity index (χ3v) is 5.94. The fourth-order valence-corrected chi connectivity index (χ4v) is 3.93. The van der Waals surface area contributed by atoms with E-state index in [9.17, 15) is 13.2 Å². The zero-order chi connectivity index (χ0) is 18.7. The van der Waals surface area contributed by atoms with E-state index < -0.39 is 15.9 Å². The summed E-state index contributed by atoms with van der Waals surface area (Å²) >= 11 is 0. The number of hydrogen-bond acceptors (Lipinski definition) is 5. The highest BCUT2D eigenvalue weighted by Gasteiger charge is 2.28. The predicted octanol–water partition coefficient (Wildman–Crippen LogP) is 2.26. The first-order chi connectivity index (χ1) is 12.4. The van der Waals surface area contributed by atoms with Crippen LogP contribution in [0.1, 0.15) is 45.1 Å². The van der Waals surface area contributed by atoms with Gasteiger partial charge in [0.1, 0.15) is 10.9 Å². The van der Waals surface area contributed by atoms with Crippen LogP contribution < -0.4 is 5.32 Å². The normalized spacial score (nSPS) is 16.7. The quantitative estimate of drug-likeness (QED) is 0.795. The van der Waals surface area contributed by atoms with Gasteiger partial charge in [0.2, 0.25) is 5.91 Å². The van der Waals surface area contributed by atoms with E-state index in [1.54, 1.807) is 16.9 Å². The van der Waals surface area contributed by atoms with Gasteiger partial charge >= 0.3 is 0 Å². The summed E-state index contributed by atoms with van der Waals surface area (Å²) in [5, 5.41) is 11.3. The van der Waals surface area contributed by atoms with Gasteiger partial charge in [-0.15, -0.1) is 0 Å². The molecule has 2 aromatic heterocycles. The van der Waals surface area contributed by atoms with Crippen molar-refractivity contribution >= 4 is 21.6 Å². The molecule has 8 nitrogen and oxygen atoms in total. The minimum Gasteiger partial charge on any atom is -0.307 e. The highest BCUT2D eigenvalue weighted by molar-refractivity contribution is 7.90. The molecule has 2 aromatic rings. The van der Waals surface area contributed by atoms with E-state index in [1.807, 2.05) is 6.92 Å². The molecule has 0 spiro atoms. The summed E-state index contributed by atoms with van der Waals surface area (Å²) in [4.78, 5) is 13.0. The van der Waals surface area contributed by atoms with Gasteiger partial charge in [-0.3, -0.25) is 14.2 Å². The van der Waals surface area contributed by atoms with Gasteiger partial charge in [0, 0.05) is 31.3 Å². The second kappa shape index (κ2) is 7.61. The fraction of sp³-hybridized carbons (Fsp3) is 0.588. The van der Waals surface area contributed by atoms with E-state index >= 15 is 0 Å². The van der Waals surface area contributed by atoms with Crippen LogP contribution in [0.25, 0.3) is 0 Å². The van der Waals surface area contributed by atoms with Gasteiger partial charge in [-0.1, -0.05) is 25.7 Å². The summed E-state index contributed by atoms with van der Waals surface area (Å²) in [6.07, 6.45) is 10.9. The zero-order valence-electron chi connectivity index (χ0n) is 15.1. The third kappa shape index (κ3) is 4.32. The summed E-state index contributed by atoms with van der Waals surface area (Å²) in [5.41, 5.74) is 0. The lowest BCUT2D eigenvalue weighted by Crippen LogP contribution is -2.28. The van der Waals surface area contributed by atoms with E-state index in [0.29, 0.717) is 18.2 Å². The van der Waals surface area contributed by atoms with Crippen LogP contribution in [0.5, 0.6) is 0 Å². The predicted molar refractivity (Wildman–Crippen MR) is 97.5 cm³/mol. The molecule has 1 unspecified atom stereocenters. The summed E-state index contributed by atoms with van der Waals surface area (Å²) < 4.78 is 26.7. The first kappa shape index (κ1) is 18.6. The molecule has 3 rings (SSSR count). The maximum atomic E-state index is 12.9. The lowest BCUT2D eigenvalue weighted by molar-refractivity contribution is -0.120. The Morgan fingerprint density at radius 2 is 2.12 bits per heavy atom. The Balaban J connectivity index is 1.82. The number of amides is 1. The summed E-state index contributed by atoms with van der Waals surface area (Å²) in [6.45, 7) is 2.69. The second-order valence-electron chi connectivity index (χ2n) is 6.88. The first-order valence-corrected chi connectivity index (χ1v) is 10.8. The van der Waals surface area contributed by atoms with Crippen LogP contribution in [0.2, 0.25) is 0 Å².